The van der Waals surface area contributed by atoms with E-state index in [1.807, 2.05) is 20.8 Å². The molecule has 14 heteroatoms. The van der Waals surface area contributed by atoms with Crippen LogP contribution in [0.1, 0.15) is 29.9 Å². The molecule has 1 aromatic heterocycles. The Morgan fingerprint density at radius 3 is 2.34 bits per heavy atom. The fraction of sp³-hybridized carbons (Fsp3) is 0.370. The van der Waals surface area contributed by atoms with Gasteiger partial charge in [0.15, 0.2) is 0 Å². The number of carbonyl (C=O) groups excluding carboxylic acids is 1. The minimum atomic E-state index is -4.52. The van der Waals surface area contributed by atoms with E-state index in [4.69, 9.17) is 37.4 Å². The summed E-state index contributed by atoms with van der Waals surface area (Å²) in [4.78, 5) is 25.1. The molecule has 3 rings (SSSR count). The molecule has 0 radical (unpaired) electrons. The third kappa shape index (κ3) is 9.22. The van der Waals surface area contributed by atoms with Gasteiger partial charge in [0, 0.05) is 24.1 Å². The Hall–Kier alpha value is -3.06. The number of halogens is 5. The molecule has 3 aromatic rings. The smallest absolute Gasteiger partial charge is 0.416 e. The number of hydrogen-bond acceptors (Lipinski definition) is 7. The number of carbonyl (C=O) groups is 1. The van der Waals surface area contributed by atoms with Crippen LogP contribution in [0.15, 0.2) is 41.8 Å². The first-order chi connectivity index (χ1) is 19.2. The molecule has 0 fully saturated rings. The Morgan fingerprint density at radius 2 is 1.85 bits per heavy atom. The van der Waals surface area contributed by atoms with E-state index >= 15 is 0 Å². The van der Waals surface area contributed by atoms with Crippen molar-refractivity contribution in [1.82, 2.24) is 0 Å². The summed E-state index contributed by atoms with van der Waals surface area (Å²) in [6, 6.07) is 6.38. The Labute approximate surface area is 249 Å². The molecule has 41 heavy (non-hydrogen) atoms. The first-order valence-electron chi connectivity index (χ1n) is 12.1. The van der Waals surface area contributed by atoms with Crippen molar-refractivity contribution < 1.29 is 37.1 Å². The SMILES string of the molecule is CCOc1cc(Oc2ccc(C(F)(F)F)cc2Cl)ccc1[N+](=O)[O-].COCC(C)N(C(=O)CCl)c1c(C)csc1C. The summed E-state index contributed by atoms with van der Waals surface area (Å²) in [6.45, 7) is 8.34. The topological polar surface area (TPSA) is 91.1 Å². The number of ether oxygens (including phenoxy) is 3. The minimum absolute atomic E-state index is 0.0111. The first-order valence-corrected chi connectivity index (χ1v) is 13.9. The van der Waals surface area contributed by atoms with Gasteiger partial charge in [-0.15, -0.1) is 22.9 Å². The fourth-order valence-electron chi connectivity index (χ4n) is 3.76. The number of rotatable bonds is 10. The minimum Gasteiger partial charge on any atom is -0.487 e. The van der Waals surface area contributed by atoms with Gasteiger partial charge in [0.05, 0.1) is 40.5 Å². The van der Waals surface area contributed by atoms with Gasteiger partial charge in [-0.1, -0.05) is 11.6 Å². The molecule has 0 saturated carbocycles. The second-order valence-electron chi connectivity index (χ2n) is 8.59. The predicted octanol–water partition coefficient (Wildman–Crippen LogP) is 8.43. The second kappa shape index (κ2) is 15.2. The number of aryl methyl sites for hydroxylation is 2. The van der Waals surface area contributed by atoms with Crippen molar-refractivity contribution in [1.29, 1.82) is 0 Å². The number of amides is 1. The van der Waals surface area contributed by atoms with E-state index in [-0.39, 0.29) is 52.4 Å². The van der Waals surface area contributed by atoms with Crippen molar-refractivity contribution >= 4 is 51.8 Å². The summed E-state index contributed by atoms with van der Waals surface area (Å²) in [6.07, 6.45) is -4.52. The van der Waals surface area contributed by atoms with Crippen molar-refractivity contribution in [2.45, 2.75) is 39.9 Å². The van der Waals surface area contributed by atoms with E-state index in [9.17, 15) is 28.1 Å². The predicted molar refractivity (Wildman–Crippen MR) is 154 cm³/mol. The second-order valence-corrected chi connectivity index (χ2v) is 10.3. The molecule has 0 aliphatic carbocycles. The molecule has 8 nitrogen and oxygen atoms in total. The van der Waals surface area contributed by atoms with E-state index in [1.165, 1.54) is 18.2 Å². The molecule has 0 aliphatic rings. The molecule has 1 unspecified atom stereocenters. The van der Waals surface area contributed by atoms with Crippen molar-refractivity contribution in [2.24, 2.45) is 0 Å². The van der Waals surface area contributed by atoms with E-state index < -0.39 is 16.7 Å². The van der Waals surface area contributed by atoms with Crippen LogP contribution in [0.2, 0.25) is 5.02 Å². The lowest BCUT2D eigenvalue weighted by molar-refractivity contribution is -0.385. The Kier molecular flexibility index (Phi) is 12.7. The summed E-state index contributed by atoms with van der Waals surface area (Å²) in [5, 5.41) is 12.7. The quantitative estimate of drug-likeness (QED) is 0.126. The van der Waals surface area contributed by atoms with Crippen LogP contribution in [0, 0.1) is 24.0 Å². The average molecular weight is 638 g/mol. The van der Waals surface area contributed by atoms with Crippen LogP contribution in [-0.4, -0.2) is 43.1 Å². The number of alkyl halides is 4. The monoisotopic (exact) mass is 636 g/mol. The van der Waals surface area contributed by atoms with Gasteiger partial charge in [-0.3, -0.25) is 14.9 Å². The van der Waals surface area contributed by atoms with E-state index in [1.54, 1.807) is 30.3 Å². The maximum Gasteiger partial charge on any atom is 0.416 e. The normalized spacial score (nSPS) is 11.8. The number of thiophene rings is 1. The van der Waals surface area contributed by atoms with Crippen molar-refractivity contribution in [3.05, 3.63) is 72.9 Å². The molecule has 1 atom stereocenters. The van der Waals surface area contributed by atoms with Gasteiger partial charge in [0.1, 0.15) is 17.4 Å². The summed E-state index contributed by atoms with van der Waals surface area (Å²) in [5.74, 6) is 0.0264. The van der Waals surface area contributed by atoms with Gasteiger partial charge in [-0.05, 0) is 62.9 Å². The molecule has 1 heterocycles. The lowest BCUT2D eigenvalue weighted by Crippen LogP contribution is -2.42. The van der Waals surface area contributed by atoms with Gasteiger partial charge >= 0.3 is 11.9 Å². The maximum absolute atomic E-state index is 12.6. The Balaban J connectivity index is 0.000000305. The van der Waals surface area contributed by atoms with Crippen LogP contribution >= 0.6 is 34.5 Å². The van der Waals surface area contributed by atoms with E-state index in [0.29, 0.717) is 6.61 Å². The molecule has 2 aromatic carbocycles. The standard InChI is InChI=1S/C15H11ClF3NO4.C12H18ClNO2S/c1-2-23-14-8-10(4-5-12(14)20(21)22)24-13-6-3-9(7-11(13)16)15(17,18)19;1-8-7-17-10(3)12(8)14(11(15)5-13)9(2)6-16-4/h3-8H,2H2,1H3;7,9H,5-6H2,1-4H3. The zero-order valence-corrected chi connectivity index (χ0v) is 25.2. The Morgan fingerprint density at radius 1 is 1.17 bits per heavy atom. The van der Waals surface area contributed by atoms with Crippen LogP contribution in [-0.2, 0) is 15.7 Å². The van der Waals surface area contributed by atoms with Crippen LogP contribution < -0.4 is 14.4 Å². The van der Waals surface area contributed by atoms with Crippen molar-refractivity contribution in [3.8, 4) is 17.2 Å². The lowest BCUT2D eigenvalue weighted by Gasteiger charge is -2.29. The van der Waals surface area contributed by atoms with Gasteiger partial charge < -0.3 is 19.1 Å². The largest absolute Gasteiger partial charge is 0.487 e. The van der Waals surface area contributed by atoms with Crippen molar-refractivity contribution in [3.63, 3.8) is 0 Å². The molecule has 0 N–H and O–H groups in total. The molecule has 1 amide bonds. The highest BCUT2D eigenvalue weighted by Gasteiger charge is 2.31. The number of anilines is 1. The number of methoxy groups -OCH3 is 1. The third-order valence-corrected chi connectivity index (χ3v) is 7.05. The zero-order chi connectivity index (χ0) is 30.9. The fourth-order valence-corrected chi connectivity index (χ4v) is 4.95. The highest BCUT2D eigenvalue weighted by molar-refractivity contribution is 7.10. The third-order valence-electron chi connectivity index (χ3n) is 5.51. The molecule has 0 saturated heterocycles. The summed E-state index contributed by atoms with van der Waals surface area (Å²) >= 11 is 13.1. The lowest BCUT2D eigenvalue weighted by atomic mass is 10.2. The number of nitrogens with zero attached hydrogens (tertiary/aromatic N) is 2. The van der Waals surface area contributed by atoms with Gasteiger partial charge in [0.2, 0.25) is 11.7 Å². The molecule has 0 aliphatic heterocycles. The van der Waals surface area contributed by atoms with Gasteiger partial charge in [-0.2, -0.15) is 13.2 Å². The van der Waals surface area contributed by atoms with E-state index in [0.717, 1.165) is 34.3 Å². The number of benzene rings is 2. The van der Waals surface area contributed by atoms with Crippen LogP contribution in [0.5, 0.6) is 17.2 Å². The average Bonchev–Trinajstić information content (AvgIpc) is 3.23. The number of nitro benzene ring substituents is 1. The van der Waals surface area contributed by atoms with Crippen LogP contribution in [0.25, 0.3) is 0 Å². The zero-order valence-electron chi connectivity index (χ0n) is 22.9. The van der Waals surface area contributed by atoms with Crippen LogP contribution in [0.4, 0.5) is 24.5 Å². The first kappa shape index (κ1) is 34.1. The highest BCUT2D eigenvalue weighted by Crippen LogP contribution is 2.38. The molecule has 224 valence electrons. The summed E-state index contributed by atoms with van der Waals surface area (Å²) < 4.78 is 53.5. The molecule has 0 spiro atoms. The van der Waals surface area contributed by atoms with Crippen LogP contribution in [0.3, 0.4) is 0 Å². The van der Waals surface area contributed by atoms with E-state index in [2.05, 4.69) is 5.38 Å². The molecular weight excluding hydrogens is 608 g/mol. The summed E-state index contributed by atoms with van der Waals surface area (Å²) in [7, 11) is 1.63. The summed E-state index contributed by atoms with van der Waals surface area (Å²) in [5.41, 5.74) is 0.931. The highest BCUT2D eigenvalue weighted by atomic mass is 35.5. The molecule has 0 bridgehead atoms. The Bertz CT molecular complexity index is 1330. The van der Waals surface area contributed by atoms with Gasteiger partial charge in [0.25, 0.3) is 0 Å². The van der Waals surface area contributed by atoms with Crippen molar-refractivity contribution in [2.75, 3.05) is 31.1 Å². The van der Waals surface area contributed by atoms with Gasteiger partial charge in [-0.25, -0.2) is 0 Å². The number of hydrogen-bond donors (Lipinski definition) is 0. The number of nitro groups is 1. The maximum atomic E-state index is 12.6. The molecular formula is C27H29Cl2F3N2O6S.